The highest BCUT2D eigenvalue weighted by molar-refractivity contribution is 5.92. The van der Waals surface area contributed by atoms with E-state index in [1.54, 1.807) is 12.1 Å². The summed E-state index contributed by atoms with van der Waals surface area (Å²) < 4.78 is 5.54. The first-order valence-electron chi connectivity index (χ1n) is 6.36. The summed E-state index contributed by atoms with van der Waals surface area (Å²) in [6.07, 6.45) is 2.16. The van der Waals surface area contributed by atoms with E-state index in [0.717, 1.165) is 12.0 Å². The largest absolute Gasteiger partial charge is 0.477 e. The van der Waals surface area contributed by atoms with Crippen molar-refractivity contribution in [2.45, 2.75) is 13.0 Å². The van der Waals surface area contributed by atoms with Gasteiger partial charge in [-0.1, -0.05) is 24.3 Å². The van der Waals surface area contributed by atoms with Gasteiger partial charge in [-0.05, 0) is 17.2 Å². The van der Waals surface area contributed by atoms with Crippen LogP contribution >= 0.6 is 0 Å². The highest BCUT2D eigenvalue weighted by Gasteiger charge is 2.03. The Bertz CT molecular complexity index is 582. The maximum Gasteiger partial charge on any atom is 0.250 e. The second-order valence-electron chi connectivity index (χ2n) is 4.32. The van der Waals surface area contributed by atoms with Gasteiger partial charge in [0.25, 0.3) is 0 Å². The summed E-state index contributed by atoms with van der Waals surface area (Å²) >= 11 is 0. The molecule has 1 heterocycles. The lowest BCUT2D eigenvalue weighted by Crippen LogP contribution is -2.11. The molecule has 0 saturated heterocycles. The van der Waals surface area contributed by atoms with Gasteiger partial charge in [-0.2, -0.15) is 0 Å². The smallest absolute Gasteiger partial charge is 0.250 e. The molecule has 0 fully saturated rings. The molecule has 104 valence electrons. The number of nitrogens with two attached hydrogens (primary N) is 2. The Labute approximate surface area is 117 Å². The molecule has 5 nitrogen and oxygen atoms in total. The van der Waals surface area contributed by atoms with Crippen molar-refractivity contribution in [2.24, 2.45) is 11.5 Å². The van der Waals surface area contributed by atoms with Crippen LogP contribution < -0.4 is 16.2 Å². The molecule has 1 aromatic carbocycles. The Morgan fingerprint density at radius 1 is 1.15 bits per heavy atom. The summed E-state index contributed by atoms with van der Waals surface area (Å²) in [6, 6.07) is 11.2. The summed E-state index contributed by atoms with van der Waals surface area (Å²) in [7, 11) is 0. The lowest BCUT2D eigenvalue weighted by atomic mass is 10.1. The van der Waals surface area contributed by atoms with Gasteiger partial charge in [0, 0.05) is 25.2 Å². The molecule has 1 aromatic heterocycles. The number of primary amides is 1. The number of ether oxygens (including phenoxy) is 1. The van der Waals surface area contributed by atoms with Crippen LogP contribution in [0.1, 0.15) is 21.5 Å². The molecule has 5 heteroatoms. The number of hydrogen-bond donors (Lipinski definition) is 2. The van der Waals surface area contributed by atoms with Crippen LogP contribution in [0.25, 0.3) is 0 Å². The maximum absolute atomic E-state index is 10.9. The number of nitrogens with zero attached hydrogens (tertiary/aromatic N) is 1. The van der Waals surface area contributed by atoms with Crippen molar-refractivity contribution in [2.75, 3.05) is 6.61 Å². The fourth-order valence-corrected chi connectivity index (χ4v) is 1.88. The molecular weight excluding hydrogens is 254 g/mol. The Balaban J connectivity index is 1.91. The Morgan fingerprint density at radius 3 is 2.50 bits per heavy atom. The Hall–Kier alpha value is -2.40. The maximum atomic E-state index is 10.9. The number of hydrogen-bond acceptors (Lipinski definition) is 4. The molecule has 0 radical (unpaired) electrons. The minimum absolute atomic E-state index is 0.367. The van der Waals surface area contributed by atoms with Crippen LogP contribution in [-0.2, 0) is 13.0 Å². The van der Waals surface area contributed by atoms with Crippen LogP contribution in [0.4, 0.5) is 0 Å². The number of carbonyl (C=O) groups excluding carboxylic acids is 1. The number of rotatable bonds is 6. The third-order valence-electron chi connectivity index (χ3n) is 2.98. The number of pyridine rings is 1. The van der Waals surface area contributed by atoms with E-state index in [9.17, 15) is 4.79 Å². The molecule has 0 spiro atoms. The van der Waals surface area contributed by atoms with Crippen LogP contribution in [0.2, 0.25) is 0 Å². The molecule has 0 saturated carbocycles. The second-order valence-corrected chi connectivity index (χ2v) is 4.32. The molecule has 0 atom stereocenters. The summed E-state index contributed by atoms with van der Waals surface area (Å²) in [6.45, 7) is 1.02. The molecule has 20 heavy (non-hydrogen) atoms. The normalized spacial score (nSPS) is 10.2. The highest BCUT2D eigenvalue weighted by Crippen LogP contribution is 2.11. The Morgan fingerprint density at radius 2 is 1.90 bits per heavy atom. The van der Waals surface area contributed by atoms with E-state index in [2.05, 4.69) is 4.98 Å². The second kappa shape index (κ2) is 6.68. The van der Waals surface area contributed by atoms with Crippen LogP contribution in [0.15, 0.2) is 42.6 Å². The third kappa shape index (κ3) is 3.55. The van der Waals surface area contributed by atoms with Gasteiger partial charge in [-0.15, -0.1) is 0 Å². The molecule has 0 unspecified atom stereocenters. The van der Waals surface area contributed by atoms with Crippen molar-refractivity contribution in [3.63, 3.8) is 0 Å². The van der Waals surface area contributed by atoms with Gasteiger partial charge in [-0.3, -0.25) is 4.79 Å². The standard InChI is InChI=1S/C15H17N3O2/c16-9-12-4-2-1-3-11(12)7-8-20-14-6-5-13(10-18-14)15(17)19/h1-6,10H,7-9,16H2,(H2,17,19). The number of aromatic nitrogens is 1. The molecule has 0 aliphatic rings. The van der Waals surface area contributed by atoms with Gasteiger partial charge in [0.05, 0.1) is 12.2 Å². The first kappa shape index (κ1) is 14.0. The molecule has 0 aliphatic heterocycles. The SMILES string of the molecule is NCc1ccccc1CCOc1ccc(C(N)=O)cn1. The molecule has 0 bridgehead atoms. The van der Waals surface area contributed by atoms with Crippen molar-refractivity contribution in [1.29, 1.82) is 0 Å². The van der Waals surface area contributed by atoms with Gasteiger partial charge in [0.2, 0.25) is 11.8 Å². The van der Waals surface area contributed by atoms with E-state index < -0.39 is 5.91 Å². The Kier molecular flexibility index (Phi) is 4.68. The van der Waals surface area contributed by atoms with Crippen LogP contribution in [0.3, 0.4) is 0 Å². The topological polar surface area (TPSA) is 91.2 Å². The van der Waals surface area contributed by atoms with Crippen LogP contribution in [-0.4, -0.2) is 17.5 Å². The quantitative estimate of drug-likeness (QED) is 0.827. The lowest BCUT2D eigenvalue weighted by Gasteiger charge is -2.08. The summed E-state index contributed by atoms with van der Waals surface area (Å²) in [4.78, 5) is 14.9. The lowest BCUT2D eigenvalue weighted by molar-refractivity contribution is 0.1000. The fraction of sp³-hybridized carbons (Fsp3) is 0.200. The minimum atomic E-state index is -0.499. The number of amides is 1. The van der Waals surface area contributed by atoms with Gasteiger partial charge in [0.1, 0.15) is 0 Å². The molecular formula is C15H17N3O2. The van der Waals surface area contributed by atoms with E-state index in [0.29, 0.717) is 24.6 Å². The average Bonchev–Trinajstić information content (AvgIpc) is 2.48. The zero-order valence-electron chi connectivity index (χ0n) is 11.1. The van der Waals surface area contributed by atoms with Crippen molar-refractivity contribution < 1.29 is 9.53 Å². The van der Waals surface area contributed by atoms with Crippen molar-refractivity contribution in [1.82, 2.24) is 4.98 Å². The van der Waals surface area contributed by atoms with Crippen molar-refractivity contribution in [3.05, 3.63) is 59.3 Å². The molecule has 2 aromatic rings. The van der Waals surface area contributed by atoms with Gasteiger partial charge in [0.15, 0.2) is 0 Å². The molecule has 4 N–H and O–H groups in total. The van der Waals surface area contributed by atoms with E-state index in [1.165, 1.54) is 11.8 Å². The third-order valence-corrected chi connectivity index (χ3v) is 2.98. The van der Waals surface area contributed by atoms with Crippen molar-refractivity contribution in [3.8, 4) is 5.88 Å². The molecule has 0 aliphatic carbocycles. The summed E-state index contributed by atoms with van der Waals surface area (Å²) in [5.41, 5.74) is 13.5. The summed E-state index contributed by atoms with van der Waals surface area (Å²) in [5, 5.41) is 0. The van der Waals surface area contributed by atoms with E-state index >= 15 is 0 Å². The first-order valence-corrected chi connectivity index (χ1v) is 6.36. The molecule has 2 rings (SSSR count). The predicted octanol–water partition coefficient (Wildman–Crippen LogP) is 1.26. The summed E-state index contributed by atoms with van der Waals surface area (Å²) in [5.74, 6) is -0.0267. The van der Waals surface area contributed by atoms with Crippen molar-refractivity contribution >= 4 is 5.91 Å². The van der Waals surface area contributed by atoms with E-state index in [4.69, 9.17) is 16.2 Å². The van der Waals surface area contributed by atoms with Gasteiger partial charge >= 0.3 is 0 Å². The highest BCUT2D eigenvalue weighted by atomic mass is 16.5. The minimum Gasteiger partial charge on any atom is -0.477 e. The van der Waals surface area contributed by atoms with Crippen LogP contribution in [0.5, 0.6) is 5.88 Å². The average molecular weight is 271 g/mol. The van der Waals surface area contributed by atoms with E-state index in [1.807, 2.05) is 24.3 Å². The van der Waals surface area contributed by atoms with Gasteiger partial charge < -0.3 is 16.2 Å². The zero-order valence-corrected chi connectivity index (χ0v) is 11.1. The monoisotopic (exact) mass is 271 g/mol. The zero-order chi connectivity index (χ0) is 14.4. The fourth-order valence-electron chi connectivity index (χ4n) is 1.88. The molecule has 1 amide bonds. The number of carbonyl (C=O) groups is 1. The van der Waals surface area contributed by atoms with Gasteiger partial charge in [-0.25, -0.2) is 4.98 Å². The number of benzene rings is 1. The first-order chi connectivity index (χ1) is 9.70. The van der Waals surface area contributed by atoms with Crippen LogP contribution in [0, 0.1) is 0 Å². The van der Waals surface area contributed by atoms with E-state index in [-0.39, 0.29) is 0 Å². The predicted molar refractivity (Wildman–Crippen MR) is 76.3 cm³/mol.